The van der Waals surface area contributed by atoms with E-state index in [1.165, 1.54) is 48.5 Å². The highest BCUT2D eigenvalue weighted by Crippen LogP contribution is 2.19. The van der Waals surface area contributed by atoms with E-state index in [1.54, 1.807) is 69.2 Å². The largest absolute Gasteiger partial charge is 0.368 e. The number of amides is 20. The number of carbonyl (C=O) groups is 20. The van der Waals surface area contributed by atoms with Crippen LogP contribution in [-0.2, 0) is 95.9 Å². The zero-order chi connectivity index (χ0) is 109. The second-order valence-corrected chi connectivity index (χ2v) is 41.2. The van der Waals surface area contributed by atoms with Crippen molar-refractivity contribution >= 4 is 118 Å². The Hall–Kier alpha value is -10.8. The maximum Gasteiger partial charge on any atom is 0.243 e. The van der Waals surface area contributed by atoms with Crippen LogP contribution in [0.4, 0.5) is 0 Å². The van der Waals surface area contributed by atoms with E-state index >= 15 is 0 Å². The molecule has 45 heteroatoms. The van der Waals surface area contributed by atoms with Crippen LogP contribution in [0.25, 0.3) is 0 Å². The van der Waals surface area contributed by atoms with Crippen molar-refractivity contribution in [1.82, 2.24) is 101 Å². The van der Waals surface area contributed by atoms with E-state index < -0.39 is 233 Å². The summed E-state index contributed by atoms with van der Waals surface area (Å²) in [6.07, 6.45) is 5.30. The molecule has 0 aromatic heterocycles. The SMILES string of the molecule is CC(=O)NC(CCCCN)C(=O)NC(CC(C)C)C(=O)NC(C)C(=O)NC(CC(C)C)C(=O)NC(CCCCN)C(=O)NC(CC(C)C)C(=O)NC(C)C(=O)NC(CC(C)C)C(=O)NC(CCCCN)C(=O)NC(C)C(=O)NC(CC(C)C)C(=O)NC(CCCCN)C(=O)NC(CC(C)C)C(=O)NC(C)C(=O)NC(C)C(=O)NC(CC(C)C)C(=O)NC(CCCCN)C(=O)NC(CC(C)C)C(=O)NC(C)C(N)=O. The third-order valence-electron chi connectivity index (χ3n) is 23.2. The van der Waals surface area contributed by atoms with Crippen molar-refractivity contribution in [3.63, 3.8) is 0 Å². The van der Waals surface area contributed by atoms with Crippen molar-refractivity contribution in [3.05, 3.63) is 0 Å². The molecule has 20 amide bonds. The highest BCUT2D eigenvalue weighted by molar-refractivity contribution is 6.02. The lowest BCUT2D eigenvalue weighted by atomic mass is 10.00. The van der Waals surface area contributed by atoms with E-state index in [-0.39, 0.29) is 157 Å². The van der Waals surface area contributed by atoms with Gasteiger partial charge in [-0.2, -0.15) is 0 Å². The molecule has 0 bridgehead atoms. The van der Waals surface area contributed by atoms with Crippen LogP contribution >= 0.6 is 0 Å². The molecule has 45 nitrogen and oxygen atoms in total. The summed E-state index contributed by atoms with van der Waals surface area (Å²) in [6.45, 7) is 39.7. The van der Waals surface area contributed by atoms with Gasteiger partial charge in [-0.25, -0.2) is 0 Å². The fraction of sp³-hybridized carbons (Fsp3) is 0.796. The van der Waals surface area contributed by atoms with E-state index in [2.05, 4.69) is 101 Å². The van der Waals surface area contributed by atoms with Gasteiger partial charge >= 0.3 is 0 Å². The van der Waals surface area contributed by atoms with Crippen molar-refractivity contribution in [2.75, 3.05) is 32.7 Å². The molecule has 19 unspecified atom stereocenters. The summed E-state index contributed by atoms with van der Waals surface area (Å²) in [4.78, 5) is 279. The molecule has 0 aliphatic carbocycles. The lowest BCUT2D eigenvalue weighted by Crippen LogP contribution is -2.60. The molecule has 0 aromatic carbocycles. The standard InChI is InChI=1S/C98H183N25O20/c1-52(2)44-72(91(136)105-60(17)80(104)125)121-88(133)69(36-26-31-41-101)113-96(141)77(49-57(11)12)116-82(127)62(19)106-81(126)61(18)108-92(137)74(46-54(5)6)122-89(134)70(37-27-32-42-102)114-97(142)78(50-58(13)14)117-83(128)63(20)107-86(131)68(35-25-30-40-100)112-95(140)76(48-56(9)10)118-84(129)65(22)110-94(139)75(47-55(7)8)123-90(135)71(38-28-33-43-103)115-98(143)79(51-59(15)16)119-85(130)64(21)109-93(138)73(45-53(3)4)120-87(132)67(111-66(23)124)34-24-29-39-99/h52-65,67-79H,24-51,99-103H2,1-23H3,(H2,104,125)(H,105,136)(H,106,126)(H,107,131)(H,108,137)(H,109,138)(H,110,139)(H,111,124)(H,112,140)(H,113,141)(H,114,142)(H,115,143)(H,116,127)(H,117,128)(H,118,129)(H,119,130)(H,120,132)(H,121,133)(H,122,134)(H,123,135). The van der Waals surface area contributed by atoms with Crippen molar-refractivity contribution in [3.8, 4) is 0 Å². The van der Waals surface area contributed by atoms with E-state index in [4.69, 9.17) is 34.4 Å². The molecule has 0 radical (unpaired) electrons. The number of rotatable bonds is 74. The lowest BCUT2D eigenvalue weighted by molar-refractivity contribution is -0.136. The zero-order valence-corrected chi connectivity index (χ0v) is 89.5. The first kappa shape index (κ1) is 132. The summed E-state index contributed by atoms with van der Waals surface area (Å²) in [5.41, 5.74) is 34.4. The number of primary amides is 1. The Labute approximate surface area is 847 Å². The average Bonchev–Trinajstić information content (AvgIpc) is 0.883. The van der Waals surface area contributed by atoms with Crippen LogP contribution in [0.15, 0.2) is 0 Å². The van der Waals surface area contributed by atoms with Gasteiger partial charge in [-0.05, 0) is 269 Å². The van der Waals surface area contributed by atoms with Crippen LogP contribution in [0.3, 0.4) is 0 Å². The van der Waals surface area contributed by atoms with Crippen LogP contribution in [-0.4, -0.2) is 266 Å². The molecule has 19 atom stereocenters. The van der Waals surface area contributed by atoms with Gasteiger partial charge in [-0.3, -0.25) is 95.9 Å². The first-order valence-electron chi connectivity index (χ1n) is 51.4. The first-order valence-corrected chi connectivity index (χ1v) is 51.4. The third kappa shape index (κ3) is 55.8. The van der Waals surface area contributed by atoms with Gasteiger partial charge in [0.05, 0.1) is 0 Å². The van der Waals surface area contributed by atoms with Gasteiger partial charge < -0.3 is 135 Å². The van der Waals surface area contributed by atoms with E-state index in [0.717, 1.165) is 0 Å². The van der Waals surface area contributed by atoms with Gasteiger partial charge in [0.2, 0.25) is 118 Å². The quantitative estimate of drug-likeness (QED) is 0.0319. The number of hydrogen-bond acceptors (Lipinski definition) is 25. The molecule has 0 heterocycles. The first-order chi connectivity index (χ1) is 66.9. The fourth-order valence-electron chi connectivity index (χ4n) is 15.3. The van der Waals surface area contributed by atoms with Gasteiger partial charge in [0.15, 0.2) is 0 Å². The predicted octanol–water partition coefficient (Wildman–Crippen LogP) is -1.16. The lowest BCUT2D eigenvalue weighted by Gasteiger charge is -2.29. The molecule has 0 saturated carbocycles. The maximum atomic E-state index is 14.6. The monoisotopic (exact) mass is 2030 g/mol. The molecular formula is C98H183N25O20. The van der Waals surface area contributed by atoms with Crippen LogP contribution < -0.4 is 135 Å². The molecular weight excluding hydrogens is 1850 g/mol. The van der Waals surface area contributed by atoms with Gasteiger partial charge in [0.25, 0.3) is 0 Å². The second kappa shape index (κ2) is 70.8. The average molecular weight is 2030 g/mol. The summed E-state index contributed by atoms with van der Waals surface area (Å²) in [5.74, 6) is -16.6. The zero-order valence-electron chi connectivity index (χ0n) is 89.5. The second-order valence-electron chi connectivity index (χ2n) is 41.2. The van der Waals surface area contributed by atoms with Gasteiger partial charge in [-0.15, -0.1) is 0 Å². The molecule has 0 aliphatic rings. The molecule has 0 rings (SSSR count). The normalized spacial score (nSPS) is 15.5. The Morgan fingerprint density at radius 2 is 0.280 bits per heavy atom. The van der Waals surface area contributed by atoms with Gasteiger partial charge in [-0.1, -0.05) is 111 Å². The molecule has 0 aromatic rings. The molecule has 820 valence electrons. The summed E-state index contributed by atoms with van der Waals surface area (Å²) >= 11 is 0. The highest BCUT2D eigenvalue weighted by Gasteiger charge is 2.40. The number of nitrogens with two attached hydrogens (primary N) is 6. The van der Waals surface area contributed by atoms with Gasteiger partial charge in [0, 0.05) is 6.92 Å². The molecule has 31 N–H and O–H groups in total. The number of unbranched alkanes of at least 4 members (excludes halogenated alkanes) is 5. The summed E-state index contributed by atoms with van der Waals surface area (Å²) in [6, 6.07) is -23.7. The Kier molecular flexibility index (Phi) is 65.5. The third-order valence-corrected chi connectivity index (χ3v) is 23.2. The van der Waals surface area contributed by atoms with Crippen molar-refractivity contribution in [1.29, 1.82) is 0 Å². The summed E-state index contributed by atoms with van der Waals surface area (Å²) in [5, 5.41) is 50.9. The predicted molar refractivity (Wildman–Crippen MR) is 546 cm³/mol. The minimum atomic E-state index is -1.38. The number of hydrogen-bond donors (Lipinski definition) is 25. The van der Waals surface area contributed by atoms with Crippen LogP contribution in [0.2, 0.25) is 0 Å². The van der Waals surface area contributed by atoms with E-state index in [1.807, 2.05) is 41.5 Å². The molecule has 0 saturated heterocycles. The minimum Gasteiger partial charge on any atom is -0.368 e. The Balaban J connectivity index is 6.84. The minimum absolute atomic E-state index is 0.00308. The molecule has 0 aliphatic heterocycles. The van der Waals surface area contributed by atoms with Crippen LogP contribution in [0, 0.1) is 47.3 Å². The fourth-order valence-corrected chi connectivity index (χ4v) is 15.3. The van der Waals surface area contributed by atoms with E-state index in [0.29, 0.717) is 70.8 Å². The van der Waals surface area contributed by atoms with Crippen molar-refractivity contribution < 1.29 is 95.9 Å². The van der Waals surface area contributed by atoms with Crippen LogP contribution in [0.1, 0.15) is 307 Å². The van der Waals surface area contributed by atoms with Crippen molar-refractivity contribution in [2.24, 2.45) is 81.7 Å². The smallest absolute Gasteiger partial charge is 0.243 e. The van der Waals surface area contributed by atoms with Crippen molar-refractivity contribution in [2.45, 2.75) is 422 Å². The van der Waals surface area contributed by atoms with Gasteiger partial charge in [0.1, 0.15) is 115 Å². The molecule has 143 heavy (non-hydrogen) atoms. The molecule has 0 spiro atoms. The number of nitrogens with one attached hydrogen (secondary N) is 19. The Morgan fingerprint density at radius 3 is 0.434 bits per heavy atom. The Morgan fingerprint density at radius 1 is 0.161 bits per heavy atom. The maximum absolute atomic E-state index is 14.6. The highest BCUT2D eigenvalue weighted by atomic mass is 16.2. The summed E-state index contributed by atoms with van der Waals surface area (Å²) in [7, 11) is 0. The Bertz CT molecular complexity index is 4020. The van der Waals surface area contributed by atoms with Crippen LogP contribution in [0.5, 0.6) is 0 Å². The number of carbonyl (C=O) groups excluding carboxylic acids is 20. The van der Waals surface area contributed by atoms with E-state index in [9.17, 15) is 95.9 Å². The molecule has 0 fully saturated rings. The topological polar surface area (TPSA) is 726 Å². The summed E-state index contributed by atoms with van der Waals surface area (Å²) < 4.78 is 0.